The van der Waals surface area contributed by atoms with Gasteiger partial charge in [-0.3, -0.25) is 4.79 Å². The number of halogens is 2. The molecule has 2 rings (SSSR count). The highest BCUT2D eigenvalue weighted by Crippen LogP contribution is 2.29. The number of aryl methyl sites for hydroxylation is 1. The Morgan fingerprint density at radius 3 is 2.95 bits per heavy atom. The number of rotatable bonds is 5. The molecule has 21 heavy (non-hydrogen) atoms. The normalized spacial score (nSPS) is 11.7. The largest absolute Gasteiger partial charge is 0.337 e. The third kappa shape index (κ3) is 4.18. The zero-order valence-corrected chi connectivity index (χ0v) is 13.2. The molecule has 1 aromatic carbocycles. The Hall–Kier alpha value is -1.61. The maximum Gasteiger partial charge on any atom is 0.221 e. The Morgan fingerprint density at radius 2 is 2.29 bits per heavy atom. The lowest BCUT2D eigenvalue weighted by atomic mass is 10.1. The van der Waals surface area contributed by atoms with Crippen LogP contribution in [0.1, 0.15) is 23.0 Å². The van der Waals surface area contributed by atoms with E-state index >= 15 is 0 Å². The van der Waals surface area contributed by atoms with Crippen molar-refractivity contribution < 1.29 is 4.79 Å². The van der Waals surface area contributed by atoms with Gasteiger partial charge >= 0.3 is 0 Å². The second-order valence-electron chi connectivity index (χ2n) is 4.20. The van der Waals surface area contributed by atoms with E-state index in [4.69, 9.17) is 23.2 Å². The molecule has 108 valence electrons. The van der Waals surface area contributed by atoms with Crippen molar-refractivity contribution in [1.29, 1.82) is 5.26 Å². The van der Waals surface area contributed by atoms with E-state index in [1.54, 1.807) is 24.4 Å². The number of hydrogen-bond acceptors (Lipinski definition) is 4. The van der Waals surface area contributed by atoms with E-state index in [9.17, 15) is 10.1 Å². The molecule has 0 aliphatic rings. The third-order valence-corrected chi connectivity index (χ3v) is 4.45. The summed E-state index contributed by atoms with van der Waals surface area (Å²) in [6.07, 6.45) is 2.51. The Labute approximate surface area is 136 Å². The highest BCUT2D eigenvalue weighted by atomic mass is 35.5. The molecule has 0 saturated heterocycles. The summed E-state index contributed by atoms with van der Waals surface area (Å²) in [7, 11) is 0. The fraction of sp³-hybridized carbons (Fsp3) is 0.214. The van der Waals surface area contributed by atoms with Gasteiger partial charge in [-0.25, -0.2) is 4.98 Å². The Morgan fingerprint density at radius 1 is 1.48 bits per heavy atom. The second-order valence-corrected chi connectivity index (χ2v) is 5.96. The molecule has 0 unspecified atom stereocenters. The minimum Gasteiger partial charge on any atom is -0.337 e. The van der Waals surface area contributed by atoms with E-state index in [0.717, 1.165) is 5.01 Å². The first-order valence-electron chi connectivity index (χ1n) is 6.13. The Bertz CT molecular complexity index is 667. The number of benzene rings is 1. The summed E-state index contributed by atoms with van der Waals surface area (Å²) in [5.41, 5.74) is 0.495. The smallest absolute Gasteiger partial charge is 0.221 e. The van der Waals surface area contributed by atoms with Crippen molar-refractivity contribution in [3.63, 3.8) is 0 Å². The fourth-order valence-corrected chi connectivity index (χ4v) is 2.79. The minimum absolute atomic E-state index is 0.229. The molecule has 1 amide bonds. The van der Waals surface area contributed by atoms with E-state index < -0.39 is 6.04 Å². The van der Waals surface area contributed by atoms with Crippen LogP contribution in [0.15, 0.2) is 29.8 Å². The molecule has 2 aromatic rings. The van der Waals surface area contributed by atoms with Gasteiger partial charge in [0.15, 0.2) is 0 Å². The maximum absolute atomic E-state index is 11.9. The summed E-state index contributed by atoms with van der Waals surface area (Å²) in [6, 6.07) is 6.19. The van der Waals surface area contributed by atoms with E-state index in [1.807, 2.05) is 11.4 Å². The molecule has 0 spiro atoms. The molecular formula is C14H11Cl2N3OS. The third-order valence-electron chi connectivity index (χ3n) is 2.78. The summed E-state index contributed by atoms with van der Waals surface area (Å²) in [5, 5.41) is 15.2. The van der Waals surface area contributed by atoms with Crippen molar-refractivity contribution in [3.05, 3.63) is 50.4 Å². The van der Waals surface area contributed by atoms with Crippen molar-refractivity contribution in [2.75, 3.05) is 0 Å². The van der Waals surface area contributed by atoms with Gasteiger partial charge in [0, 0.05) is 30.0 Å². The molecule has 0 radical (unpaired) electrons. The minimum atomic E-state index is -0.819. The summed E-state index contributed by atoms with van der Waals surface area (Å²) in [6.45, 7) is 0. The number of carbonyl (C=O) groups is 1. The van der Waals surface area contributed by atoms with Crippen molar-refractivity contribution in [2.24, 2.45) is 0 Å². The van der Waals surface area contributed by atoms with Crippen molar-refractivity contribution >= 4 is 40.4 Å². The zero-order valence-electron chi connectivity index (χ0n) is 10.8. The van der Waals surface area contributed by atoms with Gasteiger partial charge in [-0.05, 0) is 6.07 Å². The highest BCUT2D eigenvalue weighted by molar-refractivity contribution is 7.09. The van der Waals surface area contributed by atoms with Crippen LogP contribution in [0.2, 0.25) is 10.0 Å². The van der Waals surface area contributed by atoms with Crippen molar-refractivity contribution in [1.82, 2.24) is 10.3 Å². The van der Waals surface area contributed by atoms with Crippen LogP contribution in [0.25, 0.3) is 0 Å². The lowest BCUT2D eigenvalue weighted by Gasteiger charge is -2.14. The number of nitrogens with one attached hydrogen (secondary N) is 1. The predicted octanol–water partition coefficient (Wildman–Crippen LogP) is 3.76. The SMILES string of the molecule is N#C[C@@H](NC(=O)CCc1nccs1)c1cccc(Cl)c1Cl. The Kier molecular flexibility index (Phi) is 5.57. The van der Waals surface area contributed by atoms with Crippen LogP contribution in [0.3, 0.4) is 0 Å². The van der Waals surface area contributed by atoms with E-state index in [2.05, 4.69) is 10.3 Å². The van der Waals surface area contributed by atoms with Gasteiger partial charge in [0.1, 0.15) is 6.04 Å². The monoisotopic (exact) mass is 339 g/mol. The molecule has 0 saturated carbocycles. The van der Waals surface area contributed by atoms with Crippen LogP contribution in [0.5, 0.6) is 0 Å². The van der Waals surface area contributed by atoms with Gasteiger partial charge in [0.25, 0.3) is 0 Å². The molecule has 0 aliphatic heterocycles. The van der Waals surface area contributed by atoms with Crippen LogP contribution in [0.4, 0.5) is 0 Å². The van der Waals surface area contributed by atoms with Crippen molar-refractivity contribution in [3.8, 4) is 6.07 Å². The molecule has 1 aromatic heterocycles. The average molecular weight is 340 g/mol. The first-order valence-corrected chi connectivity index (χ1v) is 7.76. The molecule has 1 heterocycles. The topological polar surface area (TPSA) is 65.8 Å². The molecule has 1 N–H and O–H groups in total. The van der Waals surface area contributed by atoms with E-state index in [1.165, 1.54) is 11.3 Å². The quantitative estimate of drug-likeness (QED) is 0.901. The van der Waals surface area contributed by atoms with Gasteiger partial charge in [-0.2, -0.15) is 5.26 Å². The lowest BCUT2D eigenvalue weighted by molar-refractivity contribution is -0.121. The van der Waals surface area contributed by atoms with Gasteiger partial charge in [-0.15, -0.1) is 11.3 Å². The number of aromatic nitrogens is 1. The molecule has 0 aliphatic carbocycles. The summed E-state index contributed by atoms with van der Waals surface area (Å²) < 4.78 is 0. The van der Waals surface area contributed by atoms with Crippen LogP contribution in [-0.4, -0.2) is 10.9 Å². The van der Waals surface area contributed by atoms with Crippen LogP contribution in [-0.2, 0) is 11.2 Å². The summed E-state index contributed by atoms with van der Waals surface area (Å²) >= 11 is 13.5. The first-order chi connectivity index (χ1) is 10.1. The lowest BCUT2D eigenvalue weighted by Crippen LogP contribution is -2.28. The number of hydrogen-bond donors (Lipinski definition) is 1. The Balaban J connectivity index is 2.00. The van der Waals surface area contributed by atoms with Crippen molar-refractivity contribution in [2.45, 2.75) is 18.9 Å². The maximum atomic E-state index is 11.9. The number of amides is 1. The average Bonchev–Trinajstić information content (AvgIpc) is 2.99. The fourth-order valence-electron chi connectivity index (χ4n) is 1.75. The molecule has 4 nitrogen and oxygen atoms in total. The van der Waals surface area contributed by atoms with Crippen LogP contribution in [0, 0.1) is 11.3 Å². The number of nitrogens with zero attached hydrogens (tertiary/aromatic N) is 2. The summed E-state index contributed by atoms with van der Waals surface area (Å²) in [4.78, 5) is 16.0. The van der Waals surface area contributed by atoms with Gasteiger partial charge in [0.2, 0.25) is 5.91 Å². The van der Waals surface area contributed by atoms with Crippen LogP contribution >= 0.6 is 34.5 Å². The van der Waals surface area contributed by atoms with Gasteiger partial charge in [0.05, 0.1) is 21.1 Å². The van der Waals surface area contributed by atoms with E-state index in [-0.39, 0.29) is 17.4 Å². The van der Waals surface area contributed by atoms with Crippen LogP contribution < -0.4 is 5.32 Å². The first kappa shape index (κ1) is 15.8. The molecular weight excluding hydrogens is 329 g/mol. The molecule has 7 heteroatoms. The van der Waals surface area contributed by atoms with E-state index in [0.29, 0.717) is 17.0 Å². The number of carbonyl (C=O) groups excluding carboxylic acids is 1. The standard InChI is InChI=1S/C14H11Cl2N3OS/c15-10-3-1-2-9(14(10)16)11(8-17)19-12(20)4-5-13-18-6-7-21-13/h1-3,6-7,11H,4-5H2,(H,19,20)/t11-/m1/s1. The van der Waals surface area contributed by atoms with Gasteiger partial charge < -0.3 is 5.32 Å². The highest BCUT2D eigenvalue weighted by Gasteiger charge is 2.18. The predicted molar refractivity (Wildman–Crippen MR) is 83.4 cm³/mol. The number of thiazole rings is 1. The zero-order chi connectivity index (χ0) is 15.2. The van der Waals surface area contributed by atoms with Gasteiger partial charge in [-0.1, -0.05) is 35.3 Å². The molecule has 0 bridgehead atoms. The number of nitriles is 1. The summed E-state index contributed by atoms with van der Waals surface area (Å²) in [5.74, 6) is -0.229. The second kappa shape index (κ2) is 7.41. The molecule has 0 fully saturated rings. The molecule has 1 atom stereocenters.